The summed E-state index contributed by atoms with van der Waals surface area (Å²) < 4.78 is 0. The van der Waals surface area contributed by atoms with Crippen LogP contribution in [-0.2, 0) is 0 Å². The maximum atomic E-state index is 9.26. The normalized spacial score (nSPS) is 21.1. The standard InChI is InChI=1S/C16H22N4/c17-12-13-11-14(18)5-6-16(13)20-9-7-19(8-10-20)15-3-1-2-4-15/h5-6,11,15H,1-4,7-10,18H2. The van der Waals surface area contributed by atoms with E-state index in [2.05, 4.69) is 15.9 Å². The lowest BCUT2D eigenvalue weighted by molar-refractivity contribution is 0.187. The molecule has 2 N–H and O–H groups in total. The number of nitrogens with zero attached hydrogens (tertiary/aromatic N) is 3. The second-order valence-corrected chi connectivity index (χ2v) is 5.85. The Morgan fingerprint density at radius 3 is 2.45 bits per heavy atom. The summed E-state index contributed by atoms with van der Waals surface area (Å²) in [4.78, 5) is 4.95. The molecule has 3 rings (SSSR count). The van der Waals surface area contributed by atoms with Crippen molar-refractivity contribution in [3.63, 3.8) is 0 Å². The Bertz CT molecular complexity index is 506. The summed E-state index contributed by atoms with van der Waals surface area (Å²) >= 11 is 0. The van der Waals surface area contributed by atoms with Crippen LogP contribution in [0.1, 0.15) is 31.2 Å². The van der Waals surface area contributed by atoms with E-state index >= 15 is 0 Å². The molecule has 1 saturated carbocycles. The molecular weight excluding hydrogens is 248 g/mol. The van der Waals surface area contributed by atoms with Crippen LogP contribution in [0.3, 0.4) is 0 Å². The molecule has 4 heteroatoms. The number of nitriles is 1. The van der Waals surface area contributed by atoms with Gasteiger partial charge in [-0.25, -0.2) is 0 Å². The molecule has 0 radical (unpaired) electrons. The van der Waals surface area contributed by atoms with Crippen molar-refractivity contribution < 1.29 is 0 Å². The minimum absolute atomic E-state index is 0.662. The maximum absolute atomic E-state index is 9.26. The Kier molecular flexibility index (Phi) is 3.79. The second-order valence-electron chi connectivity index (χ2n) is 5.85. The number of hydrogen-bond acceptors (Lipinski definition) is 4. The van der Waals surface area contributed by atoms with Crippen LogP contribution < -0.4 is 10.6 Å². The van der Waals surface area contributed by atoms with Crippen molar-refractivity contribution in [2.24, 2.45) is 0 Å². The fourth-order valence-corrected chi connectivity index (χ4v) is 3.52. The van der Waals surface area contributed by atoms with E-state index < -0.39 is 0 Å². The van der Waals surface area contributed by atoms with Crippen LogP contribution in [-0.4, -0.2) is 37.1 Å². The number of piperazine rings is 1. The van der Waals surface area contributed by atoms with Gasteiger partial charge in [-0.3, -0.25) is 4.90 Å². The third kappa shape index (κ3) is 2.59. The van der Waals surface area contributed by atoms with Gasteiger partial charge < -0.3 is 10.6 Å². The van der Waals surface area contributed by atoms with Gasteiger partial charge in [-0.1, -0.05) is 12.8 Å². The lowest BCUT2D eigenvalue weighted by atomic mass is 10.1. The lowest BCUT2D eigenvalue weighted by Crippen LogP contribution is -2.49. The van der Waals surface area contributed by atoms with Crippen LogP contribution in [0.2, 0.25) is 0 Å². The Balaban J connectivity index is 1.67. The van der Waals surface area contributed by atoms with Gasteiger partial charge in [0.1, 0.15) is 6.07 Å². The average molecular weight is 270 g/mol. The SMILES string of the molecule is N#Cc1cc(N)ccc1N1CCN(C2CCCC2)CC1. The fourth-order valence-electron chi connectivity index (χ4n) is 3.52. The largest absolute Gasteiger partial charge is 0.399 e. The van der Waals surface area contributed by atoms with Crippen molar-refractivity contribution in [1.82, 2.24) is 4.90 Å². The molecule has 0 aromatic heterocycles. The van der Waals surface area contributed by atoms with E-state index in [0.717, 1.165) is 37.9 Å². The van der Waals surface area contributed by atoms with E-state index in [1.807, 2.05) is 12.1 Å². The summed E-state index contributed by atoms with van der Waals surface area (Å²) in [6.07, 6.45) is 5.51. The van der Waals surface area contributed by atoms with Crippen LogP contribution in [0.5, 0.6) is 0 Å². The van der Waals surface area contributed by atoms with Gasteiger partial charge in [0.15, 0.2) is 0 Å². The maximum Gasteiger partial charge on any atom is 0.101 e. The summed E-state index contributed by atoms with van der Waals surface area (Å²) in [7, 11) is 0. The van der Waals surface area contributed by atoms with Gasteiger partial charge >= 0.3 is 0 Å². The summed E-state index contributed by atoms with van der Waals surface area (Å²) in [6.45, 7) is 4.24. The Morgan fingerprint density at radius 2 is 1.80 bits per heavy atom. The molecule has 0 amide bonds. The zero-order valence-corrected chi connectivity index (χ0v) is 11.9. The fraction of sp³-hybridized carbons (Fsp3) is 0.562. The highest BCUT2D eigenvalue weighted by atomic mass is 15.3. The monoisotopic (exact) mass is 270 g/mol. The van der Waals surface area contributed by atoms with E-state index in [0.29, 0.717) is 11.3 Å². The Morgan fingerprint density at radius 1 is 1.10 bits per heavy atom. The van der Waals surface area contributed by atoms with Gasteiger partial charge in [-0.05, 0) is 31.0 Å². The first-order valence-electron chi connectivity index (χ1n) is 7.56. The minimum atomic E-state index is 0.662. The number of nitrogen functional groups attached to an aromatic ring is 1. The zero-order valence-electron chi connectivity index (χ0n) is 11.9. The molecule has 2 fully saturated rings. The third-order valence-electron chi connectivity index (χ3n) is 4.64. The van der Waals surface area contributed by atoms with Crippen molar-refractivity contribution in [2.45, 2.75) is 31.7 Å². The number of rotatable bonds is 2. The highest BCUT2D eigenvalue weighted by molar-refractivity contribution is 5.64. The first-order valence-corrected chi connectivity index (χ1v) is 7.56. The molecule has 1 saturated heterocycles. The summed E-state index contributed by atoms with van der Waals surface area (Å²) in [5.41, 5.74) is 8.15. The molecule has 0 unspecified atom stereocenters. The molecule has 1 aliphatic heterocycles. The van der Waals surface area contributed by atoms with Gasteiger partial charge in [-0.15, -0.1) is 0 Å². The molecule has 0 spiro atoms. The number of nitrogens with two attached hydrogens (primary N) is 1. The molecule has 0 atom stereocenters. The van der Waals surface area contributed by atoms with E-state index in [9.17, 15) is 5.26 Å². The predicted octanol–water partition coefficient (Wildman–Crippen LogP) is 2.21. The molecule has 1 heterocycles. The van der Waals surface area contributed by atoms with E-state index in [-0.39, 0.29) is 0 Å². The third-order valence-corrected chi connectivity index (χ3v) is 4.64. The lowest BCUT2D eigenvalue weighted by Gasteiger charge is -2.39. The Hall–Kier alpha value is -1.73. The molecular formula is C16H22N4. The minimum Gasteiger partial charge on any atom is -0.399 e. The molecule has 4 nitrogen and oxygen atoms in total. The summed E-state index contributed by atoms with van der Waals surface area (Å²) in [6, 6.07) is 8.72. The van der Waals surface area contributed by atoms with Crippen molar-refractivity contribution in [2.75, 3.05) is 36.8 Å². The molecule has 20 heavy (non-hydrogen) atoms. The van der Waals surface area contributed by atoms with Crippen LogP contribution in [0.25, 0.3) is 0 Å². The van der Waals surface area contributed by atoms with Crippen molar-refractivity contribution in [1.29, 1.82) is 5.26 Å². The summed E-state index contributed by atoms with van der Waals surface area (Å²) in [5.74, 6) is 0. The Labute approximate surface area is 120 Å². The number of anilines is 2. The van der Waals surface area contributed by atoms with Crippen LogP contribution >= 0.6 is 0 Å². The average Bonchev–Trinajstić information content (AvgIpc) is 3.01. The van der Waals surface area contributed by atoms with E-state index in [1.165, 1.54) is 25.7 Å². The van der Waals surface area contributed by atoms with E-state index in [4.69, 9.17) is 5.73 Å². The second kappa shape index (κ2) is 5.72. The molecule has 106 valence electrons. The smallest absolute Gasteiger partial charge is 0.101 e. The highest BCUT2D eigenvalue weighted by Gasteiger charge is 2.26. The van der Waals surface area contributed by atoms with Crippen molar-refractivity contribution in [3.8, 4) is 6.07 Å². The van der Waals surface area contributed by atoms with Gasteiger partial charge in [0, 0.05) is 37.9 Å². The van der Waals surface area contributed by atoms with Gasteiger partial charge in [0.05, 0.1) is 11.3 Å². The van der Waals surface area contributed by atoms with Crippen molar-refractivity contribution >= 4 is 11.4 Å². The predicted molar refractivity (Wildman–Crippen MR) is 81.6 cm³/mol. The van der Waals surface area contributed by atoms with E-state index in [1.54, 1.807) is 6.07 Å². The van der Waals surface area contributed by atoms with Crippen LogP contribution in [0.15, 0.2) is 18.2 Å². The number of benzene rings is 1. The van der Waals surface area contributed by atoms with Gasteiger partial charge in [0.2, 0.25) is 0 Å². The van der Waals surface area contributed by atoms with Crippen LogP contribution in [0.4, 0.5) is 11.4 Å². The van der Waals surface area contributed by atoms with Gasteiger partial charge in [0.25, 0.3) is 0 Å². The quantitative estimate of drug-likeness (QED) is 0.837. The van der Waals surface area contributed by atoms with Crippen molar-refractivity contribution in [3.05, 3.63) is 23.8 Å². The molecule has 1 aromatic rings. The first kappa shape index (κ1) is 13.3. The molecule has 1 aromatic carbocycles. The molecule has 0 bridgehead atoms. The van der Waals surface area contributed by atoms with Crippen LogP contribution in [0, 0.1) is 11.3 Å². The topological polar surface area (TPSA) is 56.3 Å². The number of hydrogen-bond donors (Lipinski definition) is 1. The highest BCUT2D eigenvalue weighted by Crippen LogP contribution is 2.27. The van der Waals surface area contributed by atoms with Gasteiger partial charge in [-0.2, -0.15) is 5.26 Å². The summed E-state index contributed by atoms with van der Waals surface area (Å²) in [5, 5.41) is 9.26. The first-order chi connectivity index (χ1) is 9.78. The molecule has 1 aliphatic carbocycles. The molecule has 2 aliphatic rings. The zero-order chi connectivity index (χ0) is 13.9.